The van der Waals surface area contributed by atoms with Crippen LogP contribution in [0.4, 0.5) is 0 Å². The molecule has 0 amide bonds. The number of ketones is 1. The van der Waals surface area contributed by atoms with E-state index in [0.717, 1.165) is 0 Å². The summed E-state index contributed by atoms with van der Waals surface area (Å²) in [6.45, 7) is 0. The van der Waals surface area contributed by atoms with Crippen molar-refractivity contribution in [2.24, 2.45) is 4.99 Å². The van der Waals surface area contributed by atoms with E-state index in [1.54, 1.807) is 24.3 Å². The number of aliphatic hydroxyl groups excluding tert-OH is 2. The molecule has 16 heavy (non-hydrogen) atoms. The van der Waals surface area contributed by atoms with Gasteiger partial charge in [0.15, 0.2) is 11.9 Å². The molecule has 1 aliphatic heterocycles. The van der Waals surface area contributed by atoms with Crippen molar-refractivity contribution in [1.82, 2.24) is 0 Å². The summed E-state index contributed by atoms with van der Waals surface area (Å²) >= 11 is 0. The van der Waals surface area contributed by atoms with Crippen LogP contribution in [0.5, 0.6) is 0 Å². The molecule has 1 heterocycles. The number of nitrogens with zero attached hydrogens (tertiary/aromatic N) is 1. The van der Waals surface area contributed by atoms with Crippen LogP contribution >= 0.6 is 0 Å². The lowest BCUT2D eigenvalue weighted by Crippen LogP contribution is -2.34. The van der Waals surface area contributed by atoms with E-state index in [9.17, 15) is 15.0 Å². The van der Waals surface area contributed by atoms with Crippen LogP contribution in [0.3, 0.4) is 0 Å². The Morgan fingerprint density at radius 2 is 1.94 bits per heavy atom. The molecule has 2 rings (SSSR count). The second-order valence-corrected chi connectivity index (χ2v) is 3.49. The van der Waals surface area contributed by atoms with Crippen LogP contribution in [0, 0.1) is 0 Å². The molecule has 0 aromatic heterocycles. The molecule has 1 aliphatic rings. The monoisotopic (exact) mass is 217 g/mol. The summed E-state index contributed by atoms with van der Waals surface area (Å²) in [4.78, 5) is 15.1. The van der Waals surface area contributed by atoms with Gasteiger partial charge in [-0.05, 0) is 5.56 Å². The predicted molar refractivity (Wildman–Crippen MR) is 59.0 cm³/mol. The van der Waals surface area contributed by atoms with E-state index in [-0.39, 0.29) is 5.71 Å². The molecular formula is C12H11NO3. The summed E-state index contributed by atoms with van der Waals surface area (Å²) in [5.74, 6) is -0.458. The molecule has 0 bridgehead atoms. The number of hydrogen-bond acceptors (Lipinski definition) is 4. The van der Waals surface area contributed by atoms with Crippen molar-refractivity contribution in [3.8, 4) is 0 Å². The average Bonchev–Trinajstić information content (AvgIpc) is 2.33. The first-order valence-corrected chi connectivity index (χ1v) is 4.89. The van der Waals surface area contributed by atoms with Crippen molar-refractivity contribution in [3.63, 3.8) is 0 Å². The molecule has 1 aromatic rings. The predicted octanol–water partition coefficient (Wildman–Crippen LogP) is 0.618. The largest absolute Gasteiger partial charge is 0.382 e. The van der Waals surface area contributed by atoms with E-state index < -0.39 is 18.0 Å². The number of hydrogen-bond donors (Lipinski definition) is 2. The van der Waals surface area contributed by atoms with Gasteiger partial charge >= 0.3 is 0 Å². The minimum atomic E-state index is -1.35. The molecule has 1 aromatic carbocycles. The zero-order chi connectivity index (χ0) is 11.5. The summed E-state index contributed by atoms with van der Waals surface area (Å²) in [6.07, 6.45) is 0.0768. The van der Waals surface area contributed by atoms with Gasteiger partial charge in [0.2, 0.25) is 0 Å². The van der Waals surface area contributed by atoms with Gasteiger partial charge in [-0.1, -0.05) is 30.3 Å². The highest BCUT2D eigenvalue weighted by Gasteiger charge is 2.28. The summed E-state index contributed by atoms with van der Waals surface area (Å²) in [7, 11) is 0. The Morgan fingerprint density at radius 3 is 2.62 bits per heavy atom. The lowest BCUT2D eigenvalue weighted by atomic mass is 9.97. The van der Waals surface area contributed by atoms with Crippen LogP contribution < -0.4 is 0 Å². The highest BCUT2D eigenvalue weighted by molar-refractivity contribution is 6.15. The van der Waals surface area contributed by atoms with Gasteiger partial charge in [0.05, 0.1) is 5.71 Å². The van der Waals surface area contributed by atoms with E-state index in [1.165, 1.54) is 12.3 Å². The van der Waals surface area contributed by atoms with Gasteiger partial charge in [-0.15, -0.1) is 0 Å². The third-order valence-electron chi connectivity index (χ3n) is 2.41. The molecule has 2 atom stereocenters. The average molecular weight is 217 g/mol. The van der Waals surface area contributed by atoms with E-state index >= 15 is 0 Å². The number of rotatable bonds is 2. The standard InChI is InChI=1S/C12H11NO3/c14-9-6-7-13-10(12(9)16)11(15)8-4-2-1-3-5-8/h1-7,11-12,15-16H. The lowest BCUT2D eigenvalue weighted by molar-refractivity contribution is -0.119. The highest BCUT2D eigenvalue weighted by atomic mass is 16.3. The Labute approximate surface area is 92.6 Å². The topological polar surface area (TPSA) is 69.9 Å². The van der Waals surface area contributed by atoms with Crippen molar-refractivity contribution in [2.75, 3.05) is 0 Å². The van der Waals surface area contributed by atoms with Gasteiger partial charge in [0.1, 0.15) is 6.10 Å². The smallest absolute Gasteiger partial charge is 0.191 e. The van der Waals surface area contributed by atoms with Crippen molar-refractivity contribution in [2.45, 2.75) is 12.2 Å². The molecule has 0 spiro atoms. The van der Waals surface area contributed by atoms with Crippen LogP contribution in [-0.2, 0) is 4.79 Å². The molecule has 0 aliphatic carbocycles. The third kappa shape index (κ3) is 1.93. The summed E-state index contributed by atoms with van der Waals surface area (Å²) in [5.41, 5.74) is 0.669. The normalized spacial score (nSPS) is 21.8. The van der Waals surface area contributed by atoms with Crippen molar-refractivity contribution in [1.29, 1.82) is 0 Å². The van der Waals surface area contributed by atoms with E-state index in [0.29, 0.717) is 5.56 Å². The van der Waals surface area contributed by atoms with Gasteiger partial charge in [0.25, 0.3) is 0 Å². The number of aliphatic imine (C=N–C) groups is 1. The molecule has 2 N–H and O–H groups in total. The van der Waals surface area contributed by atoms with Crippen LogP contribution in [-0.4, -0.2) is 27.8 Å². The van der Waals surface area contributed by atoms with Gasteiger partial charge < -0.3 is 10.2 Å². The highest BCUT2D eigenvalue weighted by Crippen LogP contribution is 2.18. The summed E-state index contributed by atoms with van der Waals surface area (Å²) in [6, 6.07) is 8.78. The molecule has 4 heteroatoms. The summed E-state index contributed by atoms with van der Waals surface area (Å²) < 4.78 is 0. The van der Waals surface area contributed by atoms with E-state index in [1.807, 2.05) is 6.07 Å². The molecule has 82 valence electrons. The number of benzene rings is 1. The Bertz CT molecular complexity index is 451. The molecule has 0 saturated heterocycles. The second-order valence-electron chi connectivity index (χ2n) is 3.49. The maximum absolute atomic E-state index is 11.2. The van der Waals surface area contributed by atoms with Crippen LogP contribution in [0.15, 0.2) is 47.6 Å². The van der Waals surface area contributed by atoms with Crippen molar-refractivity contribution in [3.05, 3.63) is 48.2 Å². The Morgan fingerprint density at radius 1 is 1.25 bits per heavy atom. The van der Waals surface area contributed by atoms with E-state index in [4.69, 9.17) is 0 Å². The Kier molecular flexibility index (Phi) is 2.94. The third-order valence-corrected chi connectivity index (χ3v) is 2.41. The molecular weight excluding hydrogens is 206 g/mol. The minimum absolute atomic E-state index is 0.0682. The minimum Gasteiger partial charge on any atom is -0.382 e. The molecule has 4 nitrogen and oxygen atoms in total. The lowest BCUT2D eigenvalue weighted by Gasteiger charge is -2.19. The molecule has 0 radical (unpaired) electrons. The first-order chi connectivity index (χ1) is 7.70. The fourth-order valence-electron chi connectivity index (χ4n) is 1.53. The SMILES string of the molecule is O=C1C=CN=C(C(O)c2ccccc2)C1O. The molecule has 0 fully saturated rings. The van der Waals surface area contributed by atoms with Crippen molar-refractivity contribution >= 4 is 11.5 Å². The zero-order valence-corrected chi connectivity index (χ0v) is 8.45. The number of carbonyl (C=O) groups is 1. The number of aliphatic hydroxyl groups is 2. The maximum Gasteiger partial charge on any atom is 0.191 e. The Hall–Kier alpha value is -1.78. The second kappa shape index (κ2) is 4.38. The van der Waals surface area contributed by atoms with Gasteiger partial charge in [-0.3, -0.25) is 9.79 Å². The first-order valence-electron chi connectivity index (χ1n) is 4.89. The van der Waals surface area contributed by atoms with Crippen molar-refractivity contribution < 1.29 is 15.0 Å². The fourth-order valence-corrected chi connectivity index (χ4v) is 1.53. The first kappa shape index (κ1) is 10.7. The molecule has 2 unspecified atom stereocenters. The Balaban J connectivity index is 2.29. The van der Waals surface area contributed by atoms with Gasteiger partial charge in [-0.25, -0.2) is 0 Å². The fraction of sp³-hybridized carbons (Fsp3) is 0.167. The maximum atomic E-state index is 11.2. The van der Waals surface area contributed by atoms with Crippen LogP contribution in [0.25, 0.3) is 0 Å². The quantitative estimate of drug-likeness (QED) is 0.762. The van der Waals surface area contributed by atoms with Gasteiger partial charge in [-0.2, -0.15) is 0 Å². The number of carbonyl (C=O) groups excluding carboxylic acids is 1. The zero-order valence-electron chi connectivity index (χ0n) is 8.45. The van der Waals surface area contributed by atoms with E-state index in [2.05, 4.69) is 4.99 Å². The van der Waals surface area contributed by atoms with Gasteiger partial charge in [0, 0.05) is 12.3 Å². The molecule has 0 saturated carbocycles. The van der Waals surface area contributed by atoms with Crippen LogP contribution in [0.1, 0.15) is 11.7 Å². The summed E-state index contributed by atoms with van der Waals surface area (Å²) in [5, 5.41) is 19.5. The van der Waals surface area contributed by atoms with Crippen LogP contribution in [0.2, 0.25) is 0 Å².